The van der Waals surface area contributed by atoms with Crippen LogP contribution < -0.4 is 10.2 Å². The molecule has 6 heteroatoms. The zero-order chi connectivity index (χ0) is 21.8. The van der Waals surface area contributed by atoms with Crippen molar-refractivity contribution in [3.05, 3.63) is 71.9 Å². The maximum Gasteiger partial charge on any atom is 0.317 e. The van der Waals surface area contributed by atoms with Gasteiger partial charge in [0, 0.05) is 55.2 Å². The van der Waals surface area contributed by atoms with Crippen LogP contribution in [0.2, 0.25) is 0 Å². The number of nitrogens with one attached hydrogen (secondary N) is 1. The Balaban J connectivity index is 1.55. The van der Waals surface area contributed by atoms with Gasteiger partial charge in [-0.05, 0) is 37.2 Å². The van der Waals surface area contributed by atoms with Crippen LogP contribution in [0.15, 0.2) is 66.4 Å². The van der Waals surface area contributed by atoms with Crippen molar-refractivity contribution < 1.29 is 14.3 Å². The summed E-state index contributed by atoms with van der Waals surface area (Å²) in [6.07, 6.45) is 2.12. The third-order valence-electron chi connectivity index (χ3n) is 6.17. The summed E-state index contributed by atoms with van der Waals surface area (Å²) in [5.74, 6) is -1.76. The highest BCUT2D eigenvalue weighted by atomic mass is 16.5. The molecule has 1 N–H and O–H groups in total. The number of esters is 1. The largest absolute Gasteiger partial charge is 0.468 e. The number of allylic oxidation sites excluding steroid dienone is 2. The quantitative estimate of drug-likeness (QED) is 0.593. The first-order chi connectivity index (χ1) is 15.0. The predicted octanol–water partition coefficient (Wildman–Crippen LogP) is 3.28. The first kappa shape index (κ1) is 21.1. The lowest BCUT2D eigenvalue weighted by atomic mass is 9.76. The van der Waals surface area contributed by atoms with Crippen LogP contribution in [0.1, 0.15) is 17.9 Å². The number of hydrogen-bond donors (Lipinski definition) is 1. The molecule has 2 aromatic carbocycles. The number of nitrogens with zero attached hydrogens (tertiary/aromatic N) is 2. The van der Waals surface area contributed by atoms with Crippen LogP contribution in [0.5, 0.6) is 0 Å². The lowest BCUT2D eigenvalue weighted by Gasteiger charge is -2.34. The molecule has 162 valence electrons. The van der Waals surface area contributed by atoms with Gasteiger partial charge in [0.15, 0.2) is 5.78 Å². The van der Waals surface area contributed by atoms with Crippen molar-refractivity contribution in [2.24, 2.45) is 5.92 Å². The number of piperazine rings is 1. The van der Waals surface area contributed by atoms with Gasteiger partial charge in [0.25, 0.3) is 0 Å². The molecule has 1 fully saturated rings. The maximum absolute atomic E-state index is 12.9. The summed E-state index contributed by atoms with van der Waals surface area (Å²) in [6, 6.07) is 18.0. The molecule has 2 unspecified atom stereocenters. The number of likely N-dealkylation sites (N-methyl/N-ethyl adjacent to an activating group) is 1. The minimum absolute atomic E-state index is 0.218. The Morgan fingerprint density at radius 1 is 1.03 bits per heavy atom. The Labute approximate surface area is 183 Å². The second kappa shape index (κ2) is 9.35. The maximum atomic E-state index is 12.9. The first-order valence-corrected chi connectivity index (χ1v) is 10.7. The van der Waals surface area contributed by atoms with E-state index in [0.717, 1.165) is 43.1 Å². The van der Waals surface area contributed by atoms with E-state index < -0.39 is 11.9 Å². The molecule has 0 bridgehead atoms. The minimum atomic E-state index is -0.811. The predicted molar refractivity (Wildman–Crippen MR) is 122 cm³/mol. The average Bonchev–Trinajstić information content (AvgIpc) is 2.79. The third kappa shape index (κ3) is 4.80. The van der Waals surface area contributed by atoms with Crippen LogP contribution in [0.3, 0.4) is 0 Å². The van der Waals surface area contributed by atoms with Gasteiger partial charge in [-0.2, -0.15) is 0 Å². The zero-order valence-corrected chi connectivity index (χ0v) is 18.1. The summed E-state index contributed by atoms with van der Waals surface area (Å²) >= 11 is 0. The third-order valence-corrected chi connectivity index (χ3v) is 6.17. The summed E-state index contributed by atoms with van der Waals surface area (Å²) in [6.45, 7) is 4.09. The van der Waals surface area contributed by atoms with Crippen molar-refractivity contribution in [3.8, 4) is 0 Å². The van der Waals surface area contributed by atoms with Crippen molar-refractivity contribution in [3.63, 3.8) is 0 Å². The Hall–Kier alpha value is -3.12. The Morgan fingerprint density at radius 2 is 1.77 bits per heavy atom. The van der Waals surface area contributed by atoms with Gasteiger partial charge in [-0.15, -0.1) is 0 Å². The van der Waals surface area contributed by atoms with E-state index in [-0.39, 0.29) is 11.7 Å². The van der Waals surface area contributed by atoms with Gasteiger partial charge in [-0.25, -0.2) is 0 Å². The van der Waals surface area contributed by atoms with E-state index in [1.54, 1.807) is 6.08 Å². The van der Waals surface area contributed by atoms with Crippen molar-refractivity contribution in [2.75, 3.05) is 50.6 Å². The van der Waals surface area contributed by atoms with Crippen molar-refractivity contribution in [2.45, 2.75) is 12.3 Å². The van der Waals surface area contributed by atoms with Crippen LogP contribution >= 0.6 is 0 Å². The van der Waals surface area contributed by atoms with Gasteiger partial charge in [0.1, 0.15) is 5.92 Å². The normalized spacial score (nSPS) is 22.1. The number of ether oxygens (including phenoxy) is 1. The average molecular weight is 420 g/mol. The van der Waals surface area contributed by atoms with Gasteiger partial charge in [0.2, 0.25) is 0 Å². The van der Waals surface area contributed by atoms with Gasteiger partial charge >= 0.3 is 5.97 Å². The van der Waals surface area contributed by atoms with Crippen molar-refractivity contribution >= 4 is 23.1 Å². The summed E-state index contributed by atoms with van der Waals surface area (Å²) in [4.78, 5) is 30.0. The van der Waals surface area contributed by atoms with Gasteiger partial charge in [-0.3, -0.25) is 9.59 Å². The van der Waals surface area contributed by atoms with Crippen molar-refractivity contribution in [1.29, 1.82) is 0 Å². The molecular weight excluding hydrogens is 390 g/mol. The summed E-state index contributed by atoms with van der Waals surface area (Å²) in [5.41, 5.74) is 3.89. The fourth-order valence-electron chi connectivity index (χ4n) is 4.41. The molecule has 1 heterocycles. The first-order valence-electron chi connectivity index (χ1n) is 10.7. The van der Waals surface area contributed by atoms with Crippen LogP contribution in [0, 0.1) is 5.92 Å². The number of carbonyl (C=O) groups excluding carboxylic acids is 2. The van der Waals surface area contributed by atoms with E-state index in [1.807, 2.05) is 42.5 Å². The summed E-state index contributed by atoms with van der Waals surface area (Å²) in [7, 11) is 3.48. The molecule has 2 aliphatic rings. The number of carbonyl (C=O) groups is 2. The van der Waals surface area contributed by atoms with E-state index >= 15 is 0 Å². The molecule has 2 atom stereocenters. The number of hydrogen-bond acceptors (Lipinski definition) is 6. The van der Waals surface area contributed by atoms with Gasteiger partial charge < -0.3 is 19.9 Å². The fourth-order valence-corrected chi connectivity index (χ4v) is 4.41. The Bertz CT molecular complexity index is 965. The molecule has 4 rings (SSSR count). The smallest absolute Gasteiger partial charge is 0.317 e. The van der Waals surface area contributed by atoms with Gasteiger partial charge in [-0.1, -0.05) is 36.4 Å². The Kier molecular flexibility index (Phi) is 6.37. The number of benzene rings is 2. The van der Waals surface area contributed by atoms with E-state index in [4.69, 9.17) is 4.74 Å². The minimum Gasteiger partial charge on any atom is -0.468 e. The molecular formula is C25H29N3O3. The molecule has 1 aliphatic heterocycles. The van der Waals surface area contributed by atoms with Crippen LogP contribution in [-0.4, -0.2) is 57.0 Å². The van der Waals surface area contributed by atoms with Crippen LogP contribution in [0.4, 0.5) is 11.4 Å². The summed E-state index contributed by atoms with van der Waals surface area (Å²) < 4.78 is 4.94. The SMILES string of the molecule is COC(=O)C1C(=O)C=C(Nc2cccc(N3CCN(C)CC3)c2)CC1c1ccccc1. The lowest BCUT2D eigenvalue weighted by Crippen LogP contribution is -2.44. The molecule has 0 radical (unpaired) electrons. The molecule has 1 saturated heterocycles. The highest BCUT2D eigenvalue weighted by Crippen LogP contribution is 2.37. The standard InChI is InChI=1S/C25H29N3O3/c1-27-11-13-28(14-12-27)21-10-6-9-19(15-21)26-20-16-22(18-7-4-3-5-8-18)24(23(29)17-20)25(30)31-2/h3-10,15,17,22,24,26H,11-14,16H2,1-2H3. The molecule has 0 saturated carbocycles. The number of rotatable bonds is 5. The molecule has 0 spiro atoms. The fraction of sp³-hybridized carbons (Fsp3) is 0.360. The Morgan fingerprint density at radius 3 is 2.48 bits per heavy atom. The molecule has 0 amide bonds. The highest BCUT2D eigenvalue weighted by molar-refractivity contribution is 6.07. The number of methoxy groups -OCH3 is 1. The van der Waals surface area contributed by atoms with Crippen LogP contribution in [-0.2, 0) is 14.3 Å². The van der Waals surface area contributed by atoms with E-state index in [9.17, 15) is 9.59 Å². The molecule has 2 aromatic rings. The van der Waals surface area contributed by atoms with E-state index in [1.165, 1.54) is 12.8 Å². The molecule has 6 nitrogen and oxygen atoms in total. The van der Waals surface area contributed by atoms with Crippen molar-refractivity contribution in [1.82, 2.24) is 4.90 Å². The molecule has 31 heavy (non-hydrogen) atoms. The van der Waals surface area contributed by atoms with E-state index in [0.29, 0.717) is 6.42 Å². The van der Waals surface area contributed by atoms with Gasteiger partial charge in [0.05, 0.1) is 7.11 Å². The monoisotopic (exact) mass is 419 g/mol. The number of anilines is 2. The second-order valence-corrected chi connectivity index (χ2v) is 8.26. The van der Waals surface area contributed by atoms with E-state index in [2.05, 4.69) is 34.3 Å². The topological polar surface area (TPSA) is 61.9 Å². The zero-order valence-electron chi connectivity index (χ0n) is 18.1. The number of ketones is 1. The molecule has 0 aromatic heterocycles. The lowest BCUT2D eigenvalue weighted by molar-refractivity contribution is -0.149. The highest BCUT2D eigenvalue weighted by Gasteiger charge is 2.39. The second-order valence-electron chi connectivity index (χ2n) is 8.26. The summed E-state index contributed by atoms with van der Waals surface area (Å²) in [5, 5.41) is 3.43. The molecule has 1 aliphatic carbocycles. The van der Waals surface area contributed by atoms with Crippen LogP contribution in [0.25, 0.3) is 0 Å².